The molecule has 0 aliphatic carbocycles. The molecule has 0 aromatic carbocycles. The van der Waals surface area contributed by atoms with Crippen molar-refractivity contribution in [1.82, 2.24) is 58.5 Å². The van der Waals surface area contributed by atoms with Crippen LogP contribution in [0.4, 0.5) is 0 Å². The summed E-state index contributed by atoms with van der Waals surface area (Å²) in [7, 11) is 1.64. The summed E-state index contributed by atoms with van der Waals surface area (Å²) in [4.78, 5) is 34.2. The molecule has 1 unspecified atom stereocenters. The van der Waals surface area contributed by atoms with Crippen molar-refractivity contribution in [2.24, 2.45) is 0 Å². The third-order valence-electron chi connectivity index (χ3n) is 11.0. The van der Waals surface area contributed by atoms with Crippen molar-refractivity contribution >= 4 is 17.8 Å². The van der Waals surface area contributed by atoms with Crippen LogP contribution >= 0.6 is 0 Å². The van der Waals surface area contributed by atoms with E-state index in [0.717, 1.165) is 105 Å². The lowest BCUT2D eigenvalue weighted by Gasteiger charge is -2.15. The molecule has 0 aliphatic heterocycles. The number of carbonyl (C=O) groups is 3. The van der Waals surface area contributed by atoms with Crippen molar-refractivity contribution in [1.29, 1.82) is 0 Å². The van der Waals surface area contributed by atoms with Gasteiger partial charge in [0, 0.05) is 92.2 Å². The zero-order valence-corrected chi connectivity index (χ0v) is 46.9. The minimum Gasteiger partial charge on any atom is -0.480 e. The zero-order chi connectivity index (χ0) is 55.0. The smallest absolute Gasteiger partial charge is 0.320 e. The number of carboxylic acids is 2. The van der Waals surface area contributed by atoms with E-state index in [1.54, 1.807) is 7.11 Å². The van der Waals surface area contributed by atoms with Gasteiger partial charge in [-0.2, -0.15) is 0 Å². The summed E-state index contributed by atoms with van der Waals surface area (Å²) >= 11 is 0. The molecule has 1 amide bonds. The van der Waals surface area contributed by atoms with E-state index in [0.29, 0.717) is 151 Å². The molecule has 0 saturated heterocycles. The van der Waals surface area contributed by atoms with E-state index < -0.39 is 18.0 Å². The van der Waals surface area contributed by atoms with Gasteiger partial charge < -0.3 is 111 Å². The van der Waals surface area contributed by atoms with Crippen molar-refractivity contribution in [3.8, 4) is 0 Å². The number of unbranched alkanes of at least 4 members (excludes halogenated alkanes) is 4. The number of carboxylic acid groups (broad SMARTS) is 2. The van der Waals surface area contributed by atoms with Gasteiger partial charge in [0.05, 0.1) is 112 Å². The van der Waals surface area contributed by atoms with Gasteiger partial charge in [0.15, 0.2) is 0 Å². The fourth-order valence-electron chi connectivity index (χ4n) is 6.83. The molecule has 0 bridgehead atoms. The lowest BCUT2D eigenvalue weighted by molar-refractivity contribution is -0.140. The van der Waals surface area contributed by atoms with Gasteiger partial charge in [0.2, 0.25) is 5.91 Å². The average Bonchev–Trinajstić information content (AvgIpc) is 3.41. The van der Waals surface area contributed by atoms with Crippen molar-refractivity contribution in [2.75, 3.05) is 250 Å². The molecule has 452 valence electrons. The minimum absolute atomic E-state index is 0.00592. The van der Waals surface area contributed by atoms with Crippen LogP contribution in [-0.2, 0) is 57.0 Å². The molecular formula is C51H109N11O14. The Kier molecular flexibility index (Phi) is 63.2. The SMILES string of the molecule is COCCOCCOCCOCCOCCOCCOCCOCCOCC(=O)NCCCCC(NCCNCCNCCNCCCCNCCCCNCCCCNCCNCCNCCNCC(=O)O)C(=O)O. The van der Waals surface area contributed by atoms with Crippen LogP contribution in [0.25, 0.3) is 0 Å². The van der Waals surface area contributed by atoms with Gasteiger partial charge in [-0.1, -0.05) is 0 Å². The number of hydrogen-bond donors (Lipinski definition) is 13. The second kappa shape index (κ2) is 65.2. The summed E-state index contributed by atoms with van der Waals surface area (Å²) in [5.74, 6) is -1.91. The number of hydrogen-bond acceptors (Lipinski definition) is 22. The topological polar surface area (TPSA) is 307 Å². The lowest BCUT2D eigenvalue weighted by atomic mass is 10.1. The molecule has 0 fully saturated rings. The molecule has 0 aliphatic rings. The maximum atomic E-state index is 12.1. The number of carbonyl (C=O) groups excluding carboxylic acids is 1. The predicted octanol–water partition coefficient (Wildman–Crippen LogP) is -2.17. The number of rotatable bonds is 68. The van der Waals surface area contributed by atoms with E-state index in [2.05, 4.69) is 58.5 Å². The van der Waals surface area contributed by atoms with Crippen LogP contribution in [-0.4, -0.2) is 284 Å². The van der Waals surface area contributed by atoms with E-state index in [4.69, 9.17) is 47.7 Å². The molecule has 0 heterocycles. The van der Waals surface area contributed by atoms with E-state index in [1.165, 1.54) is 32.1 Å². The average molecular weight is 1100 g/mol. The number of ether oxygens (including phenoxy) is 9. The zero-order valence-electron chi connectivity index (χ0n) is 46.9. The van der Waals surface area contributed by atoms with Crippen LogP contribution < -0.4 is 58.5 Å². The number of methoxy groups -OCH3 is 1. The predicted molar refractivity (Wildman–Crippen MR) is 296 cm³/mol. The van der Waals surface area contributed by atoms with Crippen LogP contribution in [0.3, 0.4) is 0 Å². The van der Waals surface area contributed by atoms with Gasteiger partial charge >= 0.3 is 11.9 Å². The largest absolute Gasteiger partial charge is 0.480 e. The van der Waals surface area contributed by atoms with Gasteiger partial charge in [-0.3, -0.25) is 14.4 Å². The Morgan fingerprint density at radius 2 is 0.632 bits per heavy atom. The van der Waals surface area contributed by atoms with E-state index in [9.17, 15) is 19.5 Å². The highest BCUT2D eigenvalue weighted by atomic mass is 16.6. The summed E-state index contributed by atoms with van der Waals surface area (Å²) in [5.41, 5.74) is 0. The lowest BCUT2D eigenvalue weighted by Crippen LogP contribution is -2.41. The third-order valence-corrected chi connectivity index (χ3v) is 11.0. The van der Waals surface area contributed by atoms with Crippen LogP contribution in [0.5, 0.6) is 0 Å². The highest BCUT2D eigenvalue weighted by molar-refractivity contribution is 5.77. The molecule has 76 heavy (non-hydrogen) atoms. The van der Waals surface area contributed by atoms with Gasteiger partial charge in [0.25, 0.3) is 0 Å². The molecule has 0 aromatic heterocycles. The molecule has 0 radical (unpaired) electrons. The number of aliphatic carboxylic acids is 2. The van der Waals surface area contributed by atoms with Crippen molar-refractivity contribution in [2.45, 2.75) is 63.8 Å². The maximum Gasteiger partial charge on any atom is 0.320 e. The number of amides is 1. The Hall–Kier alpha value is -2.35. The third kappa shape index (κ3) is 64.2. The molecule has 25 nitrogen and oxygen atoms in total. The van der Waals surface area contributed by atoms with E-state index >= 15 is 0 Å². The van der Waals surface area contributed by atoms with Gasteiger partial charge in [-0.15, -0.1) is 0 Å². The molecule has 1 atom stereocenters. The molecule has 0 rings (SSSR count). The standard InChI is InChI=1S/C51H109N11O14/c1-68-30-31-69-32-33-70-34-35-71-36-37-72-38-39-73-40-41-74-42-43-75-44-45-76-47-49(63)62-17-3-2-10-48(51(66)67)61-29-28-59-25-24-57-21-19-55-16-9-7-14-53-12-5-4-11-52-13-6-8-15-54-18-20-56-22-23-58-26-27-60-46-50(64)65/h48,52-61H,2-47H2,1H3,(H,62,63)(H,64,65)(H,66,67). The van der Waals surface area contributed by atoms with Crippen molar-refractivity contribution in [3.63, 3.8) is 0 Å². The Balaban J connectivity index is 3.34. The van der Waals surface area contributed by atoms with Crippen molar-refractivity contribution < 1.29 is 67.2 Å². The molecular weight excluding hydrogens is 991 g/mol. The first-order valence-corrected chi connectivity index (χ1v) is 28.4. The van der Waals surface area contributed by atoms with Crippen LogP contribution in [0.1, 0.15) is 57.8 Å². The fourth-order valence-corrected chi connectivity index (χ4v) is 6.83. The first-order valence-electron chi connectivity index (χ1n) is 28.4. The Labute approximate surface area is 456 Å². The van der Waals surface area contributed by atoms with E-state index in [-0.39, 0.29) is 19.1 Å². The monoisotopic (exact) mass is 1100 g/mol. The molecule has 0 saturated carbocycles. The van der Waals surface area contributed by atoms with Crippen LogP contribution in [0.15, 0.2) is 0 Å². The molecule has 13 N–H and O–H groups in total. The van der Waals surface area contributed by atoms with Gasteiger partial charge in [0.1, 0.15) is 12.6 Å². The Bertz CT molecular complexity index is 1200. The summed E-state index contributed by atoms with van der Waals surface area (Å²) in [6, 6.07) is -0.624. The van der Waals surface area contributed by atoms with Crippen molar-refractivity contribution in [3.05, 3.63) is 0 Å². The maximum absolute atomic E-state index is 12.1. The quantitative estimate of drug-likeness (QED) is 0.0288. The second-order valence-electron chi connectivity index (χ2n) is 17.7. The first kappa shape index (κ1) is 73.7. The summed E-state index contributed by atoms with van der Waals surface area (Å²) in [6.45, 7) is 24.2. The van der Waals surface area contributed by atoms with Crippen LogP contribution in [0.2, 0.25) is 0 Å². The second-order valence-corrected chi connectivity index (χ2v) is 17.7. The molecule has 0 aromatic rings. The fraction of sp³-hybridized carbons (Fsp3) is 0.941. The van der Waals surface area contributed by atoms with Gasteiger partial charge in [-0.25, -0.2) is 0 Å². The van der Waals surface area contributed by atoms with E-state index in [1.807, 2.05) is 0 Å². The summed E-state index contributed by atoms with van der Waals surface area (Å²) in [6.07, 6.45) is 8.92. The molecule has 25 heteroatoms. The van der Waals surface area contributed by atoms with Crippen LogP contribution in [0, 0.1) is 0 Å². The van der Waals surface area contributed by atoms with Gasteiger partial charge in [-0.05, 0) is 97.1 Å². The highest BCUT2D eigenvalue weighted by Crippen LogP contribution is 2.01. The Morgan fingerprint density at radius 3 is 0.974 bits per heavy atom. The summed E-state index contributed by atoms with van der Waals surface area (Å²) < 4.78 is 48.4. The normalized spacial score (nSPS) is 12.0. The minimum atomic E-state index is -0.867. The number of nitrogens with one attached hydrogen (secondary N) is 11. The first-order chi connectivity index (χ1) is 37.5. The Morgan fingerprint density at radius 1 is 0.342 bits per heavy atom. The highest BCUT2D eigenvalue weighted by Gasteiger charge is 2.15. The molecule has 0 spiro atoms. The summed E-state index contributed by atoms with van der Waals surface area (Å²) in [5, 5.41) is 54.5.